The molecule has 108 valence electrons. The highest BCUT2D eigenvalue weighted by Gasteiger charge is 2.18. The second kappa shape index (κ2) is 5.89. The van der Waals surface area contributed by atoms with Gasteiger partial charge in [0, 0.05) is 0 Å². The number of nitrogens with one attached hydrogen (secondary N) is 1. The molecule has 0 radical (unpaired) electrons. The van der Waals surface area contributed by atoms with Gasteiger partial charge in [-0.1, -0.05) is 24.3 Å². The lowest BCUT2D eigenvalue weighted by Gasteiger charge is -2.10. The van der Waals surface area contributed by atoms with Gasteiger partial charge in [-0.25, -0.2) is 17.2 Å². The molecule has 0 fully saturated rings. The minimum Gasteiger partial charge on any atom is -0.278 e. The minimum atomic E-state index is -4.05. The SMILES string of the molecule is N#Cc1ccccc1CS(=O)(=O)Nc1c(F)cccc1F. The molecule has 0 saturated heterocycles. The zero-order chi connectivity index (χ0) is 15.5. The number of hydrogen-bond donors (Lipinski definition) is 1. The summed E-state index contributed by atoms with van der Waals surface area (Å²) < 4.78 is 52.7. The lowest BCUT2D eigenvalue weighted by molar-refractivity contribution is 0.582. The molecular formula is C14H10F2N2O2S. The molecule has 7 heteroatoms. The molecule has 0 bridgehead atoms. The molecule has 2 rings (SSSR count). The van der Waals surface area contributed by atoms with Crippen molar-refractivity contribution in [3.05, 3.63) is 65.2 Å². The fourth-order valence-corrected chi connectivity index (χ4v) is 2.99. The lowest BCUT2D eigenvalue weighted by atomic mass is 10.1. The summed E-state index contributed by atoms with van der Waals surface area (Å²) in [4.78, 5) is 0. The molecule has 0 spiro atoms. The molecule has 4 nitrogen and oxygen atoms in total. The number of nitriles is 1. The molecule has 0 aliphatic heterocycles. The second-order valence-electron chi connectivity index (χ2n) is 4.23. The van der Waals surface area contributed by atoms with Gasteiger partial charge in [0.1, 0.15) is 17.3 Å². The maximum atomic E-state index is 13.4. The fourth-order valence-electron chi connectivity index (χ4n) is 1.75. The topological polar surface area (TPSA) is 70.0 Å². The monoisotopic (exact) mass is 308 g/mol. The van der Waals surface area contributed by atoms with Crippen LogP contribution in [0.15, 0.2) is 42.5 Å². The van der Waals surface area contributed by atoms with Crippen LogP contribution in [0.1, 0.15) is 11.1 Å². The van der Waals surface area contributed by atoms with Crippen LogP contribution in [-0.2, 0) is 15.8 Å². The quantitative estimate of drug-likeness (QED) is 0.944. The van der Waals surface area contributed by atoms with Crippen LogP contribution < -0.4 is 4.72 Å². The van der Waals surface area contributed by atoms with E-state index in [1.54, 1.807) is 12.1 Å². The number of rotatable bonds is 4. The van der Waals surface area contributed by atoms with Crippen molar-refractivity contribution in [2.75, 3.05) is 4.72 Å². The van der Waals surface area contributed by atoms with E-state index in [0.717, 1.165) is 18.2 Å². The van der Waals surface area contributed by atoms with Crippen molar-refractivity contribution >= 4 is 15.7 Å². The van der Waals surface area contributed by atoms with E-state index in [9.17, 15) is 17.2 Å². The molecule has 2 aromatic rings. The first-order chi connectivity index (χ1) is 9.93. The number of halogens is 2. The van der Waals surface area contributed by atoms with E-state index in [1.165, 1.54) is 12.1 Å². The van der Waals surface area contributed by atoms with Gasteiger partial charge in [0.25, 0.3) is 0 Å². The first-order valence-electron chi connectivity index (χ1n) is 5.85. The third-order valence-corrected chi connectivity index (χ3v) is 3.91. The molecule has 0 amide bonds. The van der Waals surface area contributed by atoms with Crippen molar-refractivity contribution in [1.82, 2.24) is 0 Å². The smallest absolute Gasteiger partial charge is 0.237 e. The van der Waals surface area contributed by atoms with Crippen LogP contribution in [0.25, 0.3) is 0 Å². The number of hydrogen-bond acceptors (Lipinski definition) is 3. The van der Waals surface area contributed by atoms with Crippen LogP contribution in [0.2, 0.25) is 0 Å². The van der Waals surface area contributed by atoms with Gasteiger partial charge >= 0.3 is 0 Å². The second-order valence-corrected chi connectivity index (χ2v) is 5.95. The summed E-state index contributed by atoms with van der Waals surface area (Å²) in [6, 6.07) is 11.0. The Kier molecular flexibility index (Phi) is 4.19. The Morgan fingerprint density at radius 1 is 1.05 bits per heavy atom. The third kappa shape index (κ3) is 3.55. The number of sulfonamides is 1. The van der Waals surface area contributed by atoms with E-state index in [4.69, 9.17) is 5.26 Å². The fraction of sp³-hybridized carbons (Fsp3) is 0.0714. The van der Waals surface area contributed by atoms with E-state index >= 15 is 0 Å². The van der Waals surface area contributed by atoms with Gasteiger partial charge in [-0.15, -0.1) is 0 Å². The van der Waals surface area contributed by atoms with E-state index in [0.29, 0.717) is 0 Å². The van der Waals surface area contributed by atoms with Crippen LogP contribution in [0, 0.1) is 23.0 Å². The summed E-state index contributed by atoms with van der Waals surface area (Å²) in [5, 5.41) is 8.91. The van der Waals surface area contributed by atoms with Gasteiger partial charge in [0.2, 0.25) is 10.0 Å². The van der Waals surface area contributed by atoms with Crippen LogP contribution in [0.4, 0.5) is 14.5 Å². The highest BCUT2D eigenvalue weighted by molar-refractivity contribution is 7.91. The summed E-state index contributed by atoms with van der Waals surface area (Å²) in [6.45, 7) is 0. The van der Waals surface area contributed by atoms with Crippen molar-refractivity contribution < 1.29 is 17.2 Å². The Bertz CT molecular complexity index is 794. The van der Waals surface area contributed by atoms with Gasteiger partial charge in [-0.3, -0.25) is 4.72 Å². The summed E-state index contributed by atoms with van der Waals surface area (Å²) in [5.41, 5.74) is -0.284. The van der Waals surface area contributed by atoms with Crippen LogP contribution in [0.5, 0.6) is 0 Å². The number of benzene rings is 2. The molecule has 0 unspecified atom stereocenters. The van der Waals surface area contributed by atoms with Crippen molar-refractivity contribution in [1.29, 1.82) is 5.26 Å². The zero-order valence-corrected chi connectivity index (χ0v) is 11.5. The average Bonchev–Trinajstić information content (AvgIpc) is 2.43. The van der Waals surface area contributed by atoms with Gasteiger partial charge in [-0.2, -0.15) is 5.26 Å². The first kappa shape index (κ1) is 14.9. The van der Waals surface area contributed by atoms with E-state index in [-0.39, 0.29) is 11.1 Å². The Morgan fingerprint density at radius 2 is 1.67 bits per heavy atom. The highest BCUT2D eigenvalue weighted by Crippen LogP contribution is 2.21. The Morgan fingerprint density at radius 3 is 2.29 bits per heavy atom. The predicted octanol–water partition coefficient (Wildman–Crippen LogP) is 2.78. The number of nitrogens with zero attached hydrogens (tertiary/aromatic N) is 1. The Hall–Kier alpha value is -2.46. The van der Waals surface area contributed by atoms with E-state index < -0.39 is 33.1 Å². The molecule has 0 aliphatic carbocycles. The Labute approximate surface area is 120 Å². The van der Waals surface area contributed by atoms with E-state index in [2.05, 4.69) is 0 Å². The molecular weight excluding hydrogens is 298 g/mol. The highest BCUT2D eigenvalue weighted by atomic mass is 32.2. The number of anilines is 1. The van der Waals surface area contributed by atoms with Crippen LogP contribution in [-0.4, -0.2) is 8.42 Å². The minimum absolute atomic E-state index is 0.192. The van der Waals surface area contributed by atoms with Gasteiger partial charge in [-0.05, 0) is 23.8 Å². The molecule has 0 aromatic heterocycles. The molecule has 1 N–H and O–H groups in total. The standard InChI is InChI=1S/C14H10F2N2O2S/c15-12-6-3-7-13(16)14(12)18-21(19,20)9-11-5-2-1-4-10(11)8-17/h1-7,18H,9H2. The lowest BCUT2D eigenvalue weighted by Crippen LogP contribution is -2.17. The van der Waals surface area contributed by atoms with E-state index in [1.807, 2.05) is 10.8 Å². The van der Waals surface area contributed by atoms with Crippen LogP contribution >= 0.6 is 0 Å². The first-order valence-corrected chi connectivity index (χ1v) is 7.50. The summed E-state index contributed by atoms with van der Waals surface area (Å²) in [6.07, 6.45) is 0. The predicted molar refractivity (Wildman–Crippen MR) is 73.8 cm³/mol. The molecule has 21 heavy (non-hydrogen) atoms. The van der Waals surface area contributed by atoms with Crippen molar-refractivity contribution in [2.45, 2.75) is 5.75 Å². The molecule has 0 atom stereocenters. The van der Waals surface area contributed by atoms with Gasteiger partial charge in [0.05, 0.1) is 17.4 Å². The molecule has 0 aliphatic rings. The van der Waals surface area contributed by atoms with Crippen molar-refractivity contribution in [3.8, 4) is 6.07 Å². The van der Waals surface area contributed by atoms with Crippen molar-refractivity contribution in [2.24, 2.45) is 0 Å². The molecule has 0 saturated carbocycles. The summed E-state index contributed by atoms with van der Waals surface area (Å²) in [5.74, 6) is -2.57. The van der Waals surface area contributed by atoms with Gasteiger partial charge in [0.15, 0.2) is 0 Å². The Balaban J connectivity index is 2.30. The molecule has 2 aromatic carbocycles. The largest absolute Gasteiger partial charge is 0.278 e. The van der Waals surface area contributed by atoms with Crippen molar-refractivity contribution in [3.63, 3.8) is 0 Å². The third-order valence-electron chi connectivity index (χ3n) is 2.70. The van der Waals surface area contributed by atoms with Gasteiger partial charge < -0.3 is 0 Å². The maximum absolute atomic E-state index is 13.4. The number of para-hydroxylation sites is 1. The zero-order valence-electron chi connectivity index (χ0n) is 10.7. The van der Waals surface area contributed by atoms with Crippen LogP contribution in [0.3, 0.4) is 0 Å². The average molecular weight is 308 g/mol. The summed E-state index contributed by atoms with van der Waals surface area (Å²) >= 11 is 0. The normalized spacial score (nSPS) is 10.9. The summed E-state index contributed by atoms with van der Waals surface area (Å²) in [7, 11) is -4.05. The molecule has 0 heterocycles. The maximum Gasteiger partial charge on any atom is 0.237 e.